The van der Waals surface area contributed by atoms with Crippen LogP contribution in [0.2, 0.25) is 0 Å². The number of ether oxygens (including phenoxy) is 2. The minimum absolute atomic E-state index is 0.0467. The molecule has 10 N–H and O–H groups in total. The summed E-state index contributed by atoms with van der Waals surface area (Å²) in [5, 5.41) is 11.0. The van der Waals surface area contributed by atoms with Gasteiger partial charge in [0.05, 0.1) is 25.9 Å². The summed E-state index contributed by atoms with van der Waals surface area (Å²) >= 11 is 0. The van der Waals surface area contributed by atoms with E-state index in [1.807, 2.05) is 0 Å². The van der Waals surface area contributed by atoms with Crippen molar-refractivity contribution in [1.29, 1.82) is 0 Å². The lowest BCUT2D eigenvalue weighted by Gasteiger charge is -2.25. The number of anilines is 3. The number of nitrogens with one attached hydrogen (secondary N) is 1. The lowest BCUT2D eigenvalue weighted by atomic mass is 10.1. The van der Waals surface area contributed by atoms with Crippen LogP contribution in [0.4, 0.5) is 22.1 Å². The van der Waals surface area contributed by atoms with Gasteiger partial charge in [0.25, 0.3) is 5.56 Å². The number of nitrogens with two attached hydrogens (primary N) is 3. The van der Waals surface area contributed by atoms with Gasteiger partial charge >= 0.3 is 15.6 Å². The maximum atomic E-state index is 15.9. The second-order valence-corrected chi connectivity index (χ2v) is 13.1. The van der Waals surface area contributed by atoms with Crippen molar-refractivity contribution in [2.45, 2.75) is 49.1 Å². The van der Waals surface area contributed by atoms with E-state index in [0.717, 1.165) is 21.8 Å². The van der Waals surface area contributed by atoms with Gasteiger partial charge in [-0.1, -0.05) is 0 Å². The van der Waals surface area contributed by atoms with E-state index in [9.17, 15) is 28.8 Å². The van der Waals surface area contributed by atoms with Crippen LogP contribution in [0, 0.1) is 0 Å². The molecule has 248 valence electrons. The first-order chi connectivity index (χ1) is 21.7. The van der Waals surface area contributed by atoms with Crippen LogP contribution in [0.25, 0.3) is 22.3 Å². The van der Waals surface area contributed by atoms with Gasteiger partial charge in [0.1, 0.15) is 36.0 Å². The van der Waals surface area contributed by atoms with Gasteiger partial charge in [-0.15, -0.1) is 0 Å². The van der Waals surface area contributed by atoms with E-state index in [4.69, 9.17) is 44.8 Å². The molecule has 2 unspecified atom stereocenters. The van der Waals surface area contributed by atoms with Crippen molar-refractivity contribution in [2.75, 3.05) is 30.4 Å². The number of imidazole rings is 2. The normalized spacial score (nSPS) is 37.1. The number of fused-ring (bicyclic) bond motifs is 5. The number of rotatable bonds is 2. The van der Waals surface area contributed by atoms with Crippen LogP contribution in [0.15, 0.2) is 17.4 Å². The fraction of sp³-hybridized carbons (Fsp3) is 0.500. The van der Waals surface area contributed by atoms with Crippen molar-refractivity contribution in [1.82, 2.24) is 39.0 Å². The van der Waals surface area contributed by atoms with E-state index < -0.39 is 83.6 Å². The summed E-state index contributed by atoms with van der Waals surface area (Å²) in [7, 11) is -10.4. The number of aromatic amines is 1. The van der Waals surface area contributed by atoms with Crippen LogP contribution in [0.1, 0.15) is 12.5 Å². The Labute approximate surface area is 253 Å². The fourth-order valence-corrected chi connectivity index (χ4v) is 7.24. The van der Waals surface area contributed by atoms with Crippen LogP contribution in [0.3, 0.4) is 0 Å². The number of hydrogen-bond donors (Lipinski definition) is 7. The smallest absolute Gasteiger partial charge is 0.387 e. The molecule has 3 saturated heterocycles. The topological polar surface area (TPSA) is 335 Å². The first-order valence-electron chi connectivity index (χ1n) is 13.1. The van der Waals surface area contributed by atoms with Crippen molar-refractivity contribution < 1.29 is 56.0 Å². The Bertz CT molecular complexity index is 1990. The van der Waals surface area contributed by atoms with Gasteiger partial charge < -0.3 is 41.6 Å². The lowest BCUT2D eigenvalue weighted by molar-refractivity contribution is -0.0670. The molecular formula is C20H24FN11O12P2. The van der Waals surface area contributed by atoms with E-state index in [2.05, 4.69) is 29.9 Å². The predicted molar refractivity (Wildman–Crippen MR) is 147 cm³/mol. The number of aromatic nitrogens is 8. The number of aliphatic hydroxyl groups is 1. The summed E-state index contributed by atoms with van der Waals surface area (Å²) in [6.45, 7) is -1.81. The first kappa shape index (κ1) is 31.0. The Morgan fingerprint density at radius 2 is 1.46 bits per heavy atom. The third kappa shape index (κ3) is 5.32. The zero-order valence-electron chi connectivity index (χ0n) is 22.8. The highest BCUT2D eigenvalue weighted by Crippen LogP contribution is 2.54. The molecule has 0 amide bonds. The number of phosphoric ester groups is 2. The zero-order chi connectivity index (χ0) is 32.7. The first-order valence-corrected chi connectivity index (χ1v) is 16.1. The Hall–Kier alpha value is -3.67. The average Bonchev–Trinajstić information content (AvgIpc) is 3.72. The number of phosphoric acid groups is 2. The van der Waals surface area contributed by atoms with E-state index in [1.54, 1.807) is 0 Å². The second kappa shape index (κ2) is 11.0. The SMILES string of the molecule is Nc1nc(N)c2ncn([C@@H]3O[C@@H]4COP(=O)(O)O[C@@H]5[C@H](O)[C@@H](COP(=O)(O)O[C@H]4[C@H]3F)O[C@H]5n3cnc4c(=O)[nH]c(N)nc43)c2n1. The highest BCUT2D eigenvalue weighted by atomic mass is 31.2. The molecule has 23 nitrogen and oxygen atoms in total. The van der Waals surface area contributed by atoms with E-state index in [1.165, 1.54) is 0 Å². The number of nitrogens with zero attached hydrogens (tertiary/aromatic N) is 7. The number of halogens is 1. The van der Waals surface area contributed by atoms with E-state index in [0.29, 0.717) is 0 Å². The summed E-state index contributed by atoms with van der Waals surface area (Å²) in [5.74, 6) is -0.679. The van der Waals surface area contributed by atoms with Crippen LogP contribution in [0.5, 0.6) is 0 Å². The van der Waals surface area contributed by atoms with Crippen LogP contribution >= 0.6 is 15.6 Å². The van der Waals surface area contributed by atoms with Crippen LogP contribution in [-0.2, 0) is 36.7 Å². The summed E-state index contributed by atoms with van der Waals surface area (Å²) in [4.78, 5) is 55.5. The number of alkyl halides is 1. The Morgan fingerprint density at radius 3 is 2.17 bits per heavy atom. The van der Waals surface area contributed by atoms with Gasteiger partial charge in [0, 0.05) is 0 Å². The second-order valence-electron chi connectivity index (χ2n) is 10.3. The molecule has 3 aliphatic heterocycles. The minimum atomic E-state index is -5.18. The summed E-state index contributed by atoms with van der Waals surface area (Å²) in [5.41, 5.74) is 16.1. The molecule has 7 heterocycles. The zero-order valence-corrected chi connectivity index (χ0v) is 24.6. The standard InChI is InChI=1S/C20H24FN11O12P2/c21-7-11-6(42-17(7)31-3-25-8-13(22)27-19(23)28-14(8)31)2-40-46(37,38)44-12-10(33)5(1-39-45(35,36)43-11)41-18(12)32-4-26-9-15(32)29-20(24)30-16(9)34/h3-7,10-12,17-18,33H,1-2H2,(H,35,36)(H,37,38)(H4,22,23,27,28)(H3,24,29,30,34)/t5-,6-,7-,10-,11-,12-,17-,18-/m1/s1. The van der Waals surface area contributed by atoms with Gasteiger partial charge in [-0.25, -0.2) is 23.5 Å². The largest absolute Gasteiger partial charge is 0.472 e. The van der Waals surface area contributed by atoms with Crippen molar-refractivity contribution in [3.8, 4) is 0 Å². The molecule has 3 fully saturated rings. The van der Waals surface area contributed by atoms with E-state index in [-0.39, 0.29) is 40.0 Å². The maximum absolute atomic E-state index is 15.9. The average molecular weight is 691 g/mol. The molecular weight excluding hydrogens is 667 g/mol. The maximum Gasteiger partial charge on any atom is 0.472 e. The Morgan fingerprint density at radius 1 is 0.870 bits per heavy atom. The molecule has 0 aromatic carbocycles. The predicted octanol–water partition coefficient (Wildman–Crippen LogP) is -1.78. The molecule has 4 aromatic heterocycles. The summed E-state index contributed by atoms with van der Waals surface area (Å²) < 4.78 is 76.3. The highest BCUT2D eigenvalue weighted by Gasteiger charge is 2.54. The lowest BCUT2D eigenvalue weighted by Crippen LogP contribution is -2.35. The Kier molecular flexibility index (Phi) is 7.37. The van der Waals surface area contributed by atoms with Crippen molar-refractivity contribution in [3.63, 3.8) is 0 Å². The van der Waals surface area contributed by atoms with Gasteiger partial charge in [-0.2, -0.15) is 15.0 Å². The molecule has 26 heteroatoms. The Balaban J connectivity index is 1.21. The molecule has 0 radical (unpaired) electrons. The number of nitrogen functional groups attached to an aromatic ring is 3. The van der Waals surface area contributed by atoms with Gasteiger partial charge in [-0.05, 0) is 0 Å². The number of H-pyrrole nitrogens is 1. The molecule has 2 bridgehead atoms. The minimum Gasteiger partial charge on any atom is -0.387 e. The quantitative estimate of drug-likeness (QED) is 0.114. The molecule has 7 rings (SSSR count). The molecule has 4 aromatic rings. The monoisotopic (exact) mass is 691 g/mol. The molecule has 46 heavy (non-hydrogen) atoms. The van der Waals surface area contributed by atoms with Crippen molar-refractivity contribution in [3.05, 3.63) is 23.0 Å². The molecule has 0 spiro atoms. The number of aliphatic hydroxyl groups excluding tert-OH is 1. The highest BCUT2D eigenvalue weighted by molar-refractivity contribution is 7.47. The van der Waals surface area contributed by atoms with Gasteiger partial charge in [0.15, 0.2) is 41.3 Å². The number of hydrogen-bond acceptors (Lipinski definition) is 18. The molecule has 10 atom stereocenters. The van der Waals surface area contributed by atoms with Crippen molar-refractivity contribution >= 4 is 55.7 Å². The molecule has 0 saturated carbocycles. The third-order valence-electron chi connectivity index (χ3n) is 7.36. The molecule has 0 aliphatic carbocycles. The third-order valence-corrected chi connectivity index (χ3v) is 9.33. The van der Waals surface area contributed by atoms with Crippen LogP contribution in [-0.4, -0.2) is 104 Å². The molecule has 3 aliphatic rings. The van der Waals surface area contributed by atoms with Gasteiger partial charge in [0.2, 0.25) is 11.9 Å². The summed E-state index contributed by atoms with van der Waals surface area (Å²) in [6, 6.07) is 0. The summed E-state index contributed by atoms with van der Waals surface area (Å²) in [6.07, 6.45) is -11.9. The van der Waals surface area contributed by atoms with E-state index >= 15 is 4.39 Å². The van der Waals surface area contributed by atoms with Crippen molar-refractivity contribution in [2.24, 2.45) is 0 Å². The van der Waals surface area contributed by atoms with Crippen LogP contribution < -0.4 is 22.8 Å². The fourth-order valence-electron chi connectivity index (χ4n) is 5.35. The van der Waals surface area contributed by atoms with Gasteiger partial charge in [-0.3, -0.25) is 37.0 Å².